The number of hydrogen-bond donors (Lipinski definition) is 3. The minimum Gasteiger partial charge on any atom is -0.370 e. The first-order valence-electron chi connectivity index (χ1n) is 12.9. The van der Waals surface area contributed by atoms with Crippen molar-refractivity contribution in [2.75, 3.05) is 7.05 Å². The Balaban J connectivity index is 1.54. The van der Waals surface area contributed by atoms with Gasteiger partial charge in [0.15, 0.2) is 5.96 Å². The standard InChI is InChI=1S/C25H46N4O/c1-29(25(26)27)24(30)21(16-15-19-9-4-2-5-10-19)17-20-11-8-14-23(18-20)28-22-12-6-3-7-13-22/h19-23,28H,2-18H2,1H3,(H3,26,27)/t20-,21+,23-/m1/s1. The first kappa shape index (κ1) is 23.6. The first-order valence-corrected chi connectivity index (χ1v) is 12.9. The summed E-state index contributed by atoms with van der Waals surface area (Å²) in [5.41, 5.74) is 5.65. The van der Waals surface area contributed by atoms with Crippen LogP contribution in [0.4, 0.5) is 0 Å². The zero-order valence-corrected chi connectivity index (χ0v) is 19.3. The van der Waals surface area contributed by atoms with E-state index in [1.54, 1.807) is 7.05 Å². The van der Waals surface area contributed by atoms with Crippen molar-refractivity contribution in [2.45, 2.75) is 121 Å². The minimum atomic E-state index is -0.122. The summed E-state index contributed by atoms with van der Waals surface area (Å²) in [4.78, 5) is 14.5. The summed E-state index contributed by atoms with van der Waals surface area (Å²) in [6.45, 7) is 0. The molecule has 3 aliphatic rings. The normalized spacial score (nSPS) is 27.5. The topological polar surface area (TPSA) is 82.2 Å². The lowest BCUT2D eigenvalue weighted by molar-refractivity contribution is -0.131. The molecule has 0 aromatic rings. The molecule has 172 valence electrons. The SMILES string of the molecule is CN(C(=N)N)C(=O)[C@@H](CCC1CCCCC1)C[C@H]1CCC[C@@H](NC2CCCCC2)C1. The number of carbonyl (C=O) groups excluding carboxylic acids is 1. The quantitative estimate of drug-likeness (QED) is 0.375. The van der Waals surface area contributed by atoms with Crippen molar-refractivity contribution >= 4 is 11.9 Å². The molecule has 0 radical (unpaired) electrons. The molecule has 0 heterocycles. The van der Waals surface area contributed by atoms with Crippen molar-refractivity contribution in [3.05, 3.63) is 0 Å². The highest BCUT2D eigenvalue weighted by molar-refractivity contribution is 5.95. The highest BCUT2D eigenvalue weighted by Gasteiger charge is 2.31. The van der Waals surface area contributed by atoms with Gasteiger partial charge in [-0.3, -0.25) is 15.1 Å². The molecule has 5 nitrogen and oxygen atoms in total. The number of rotatable bonds is 8. The number of nitrogens with zero attached hydrogens (tertiary/aromatic N) is 1. The summed E-state index contributed by atoms with van der Waals surface area (Å²) in [6, 6.07) is 1.35. The molecule has 3 fully saturated rings. The van der Waals surface area contributed by atoms with Gasteiger partial charge in [-0.15, -0.1) is 0 Å². The predicted octanol–water partition coefficient (Wildman–Crippen LogP) is 5.19. The molecule has 3 atom stereocenters. The third-order valence-corrected chi connectivity index (χ3v) is 8.17. The number of hydrogen-bond acceptors (Lipinski definition) is 3. The van der Waals surface area contributed by atoms with Gasteiger partial charge in [-0.2, -0.15) is 0 Å². The van der Waals surface area contributed by atoms with Crippen molar-refractivity contribution in [1.82, 2.24) is 10.2 Å². The Morgan fingerprint density at radius 3 is 2.20 bits per heavy atom. The summed E-state index contributed by atoms with van der Waals surface area (Å²) >= 11 is 0. The highest BCUT2D eigenvalue weighted by atomic mass is 16.2. The van der Waals surface area contributed by atoms with Gasteiger partial charge in [0.2, 0.25) is 5.91 Å². The van der Waals surface area contributed by atoms with Crippen LogP contribution in [0.25, 0.3) is 0 Å². The van der Waals surface area contributed by atoms with E-state index < -0.39 is 0 Å². The molecule has 0 aromatic carbocycles. The summed E-state index contributed by atoms with van der Waals surface area (Å²) in [7, 11) is 1.67. The van der Waals surface area contributed by atoms with Crippen LogP contribution in [-0.4, -0.2) is 35.9 Å². The van der Waals surface area contributed by atoms with Crippen LogP contribution in [0.2, 0.25) is 0 Å². The first-order chi connectivity index (χ1) is 14.5. The third kappa shape index (κ3) is 7.25. The van der Waals surface area contributed by atoms with Gasteiger partial charge in [0.25, 0.3) is 0 Å². The van der Waals surface area contributed by atoms with Crippen molar-refractivity contribution in [1.29, 1.82) is 5.41 Å². The minimum absolute atomic E-state index is 0.0271. The molecule has 3 saturated carbocycles. The Bertz CT molecular complexity index is 539. The van der Waals surface area contributed by atoms with Gasteiger partial charge < -0.3 is 11.1 Å². The molecule has 0 aliphatic heterocycles. The van der Waals surface area contributed by atoms with Crippen molar-refractivity contribution in [2.24, 2.45) is 23.5 Å². The largest absolute Gasteiger partial charge is 0.370 e. The van der Waals surface area contributed by atoms with Gasteiger partial charge in [-0.1, -0.05) is 64.2 Å². The summed E-state index contributed by atoms with van der Waals surface area (Å²) in [6.07, 6.45) is 21.7. The molecule has 0 aromatic heterocycles. The maximum atomic E-state index is 13.1. The van der Waals surface area contributed by atoms with Gasteiger partial charge in [-0.05, 0) is 56.8 Å². The monoisotopic (exact) mass is 418 g/mol. The summed E-state index contributed by atoms with van der Waals surface area (Å²) in [5.74, 6) is 1.40. The second-order valence-electron chi connectivity index (χ2n) is 10.5. The third-order valence-electron chi connectivity index (χ3n) is 8.17. The van der Waals surface area contributed by atoms with E-state index in [0.717, 1.165) is 24.8 Å². The van der Waals surface area contributed by atoms with E-state index in [0.29, 0.717) is 12.0 Å². The number of guanidine groups is 1. The number of nitrogens with one attached hydrogen (secondary N) is 2. The Morgan fingerprint density at radius 2 is 1.53 bits per heavy atom. The molecule has 0 saturated heterocycles. The van der Waals surface area contributed by atoms with Crippen molar-refractivity contribution in [3.63, 3.8) is 0 Å². The van der Waals surface area contributed by atoms with Crippen LogP contribution < -0.4 is 11.1 Å². The molecule has 3 aliphatic carbocycles. The summed E-state index contributed by atoms with van der Waals surface area (Å²) in [5, 5.41) is 11.7. The zero-order valence-electron chi connectivity index (χ0n) is 19.3. The lowest BCUT2D eigenvalue weighted by Gasteiger charge is -2.36. The van der Waals surface area contributed by atoms with Crippen LogP contribution in [-0.2, 0) is 4.79 Å². The van der Waals surface area contributed by atoms with E-state index in [1.807, 2.05) is 0 Å². The average molecular weight is 419 g/mol. The van der Waals surface area contributed by atoms with Gasteiger partial charge >= 0.3 is 0 Å². The summed E-state index contributed by atoms with van der Waals surface area (Å²) < 4.78 is 0. The fourth-order valence-electron chi connectivity index (χ4n) is 6.31. The van der Waals surface area contributed by atoms with Gasteiger partial charge in [0.1, 0.15) is 0 Å². The number of nitrogens with two attached hydrogens (primary N) is 1. The molecule has 0 spiro atoms. The van der Waals surface area contributed by atoms with Crippen LogP contribution in [0.3, 0.4) is 0 Å². The Hall–Kier alpha value is -1.10. The highest BCUT2D eigenvalue weighted by Crippen LogP contribution is 2.35. The zero-order chi connectivity index (χ0) is 21.3. The molecule has 0 unspecified atom stereocenters. The molecule has 30 heavy (non-hydrogen) atoms. The number of carbonyl (C=O) groups is 1. The van der Waals surface area contributed by atoms with Gasteiger partial charge in [-0.25, -0.2) is 0 Å². The fourth-order valence-corrected chi connectivity index (χ4v) is 6.31. The molecule has 5 heteroatoms. The maximum absolute atomic E-state index is 13.1. The molecule has 0 bridgehead atoms. The molecule has 3 rings (SSSR count). The van der Waals surface area contributed by atoms with E-state index in [4.69, 9.17) is 11.1 Å². The van der Waals surface area contributed by atoms with E-state index >= 15 is 0 Å². The molecule has 4 N–H and O–H groups in total. The van der Waals surface area contributed by atoms with Crippen LogP contribution in [0, 0.1) is 23.2 Å². The number of amides is 1. The van der Waals surface area contributed by atoms with Gasteiger partial charge in [0.05, 0.1) is 0 Å². The Labute approximate surface area is 184 Å². The van der Waals surface area contributed by atoms with E-state index in [-0.39, 0.29) is 17.8 Å². The Kier molecular flexibility index (Phi) is 9.48. The van der Waals surface area contributed by atoms with E-state index in [1.165, 1.54) is 101 Å². The van der Waals surface area contributed by atoms with E-state index in [2.05, 4.69) is 5.32 Å². The van der Waals surface area contributed by atoms with Crippen molar-refractivity contribution in [3.8, 4) is 0 Å². The Morgan fingerprint density at radius 1 is 0.933 bits per heavy atom. The fraction of sp³-hybridized carbons (Fsp3) is 0.920. The van der Waals surface area contributed by atoms with Crippen LogP contribution in [0.1, 0.15) is 109 Å². The predicted molar refractivity (Wildman–Crippen MR) is 124 cm³/mol. The molecular weight excluding hydrogens is 372 g/mol. The molecule has 1 amide bonds. The van der Waals surface area contributed by atoms with E-state index in [9.17, 15) is 4.79 Å². The van der Waals surface area contributed by atoms with Crippen molar-refractivity contribution < 1.29 is 4.79 Å². The molecular formula is C25H46N4O. The smallest absolute Gasteiger partial charge is 0.232 e. The maximum Gasteiger partial charge on any atom is 0.232 e. The lowest BCUT2D eigenvalue weighted by Crippen LogP contribution is -2.44. The van der Waals surface area contributed by atoms with Crippen LogP contribution in [0.15, 0.2) is 0 Å². The second kappa shape index (κ2) is 12.1. The lowest BCUT2D eigenvalue weighted by atomic mass is 9.77. The average Bonchev–Trinajstić information content (AvgIpc) is 2.77. The van der Waals surface area contributed by atoms with Crippen LogP contribution in [0.5, 0.6) is 0 Å². The van der Waals surface area contributed by atoms with Crippen LogP contribution >= 0.6 is 0 Å². The van der Waals surface area contributed by atoms with Gasteiger partial charge in [0, 0.05) is 25.0 Å². The second-order valence-corrected chi connectivity index (χ2v) is 10.5.